The largest absolute Gasteiger partial charge is 0.435 e. The molecule has 3 aromatic rings. The zero-order chi connectivity index (χ0) is 16.6. The minimum atomic E-state index is -4.48. The van der Waals surface area contributed by atoms with E-state index in [1.54, 1.807) is 24.3 Å². The lowest BCUT2D eigenvalue weighted by Crippen LogP contribution is -2.07. The second-order valence-corrected chi connectivity index (χ2v) is 5.48. The number of hydrogen-bond acceptors (Lipinski definition) is 1. The molecule has 23 heavy (non-hydrogen) atoms. The van der Waals surface area contributed by atoms with E-state index < -0.39 is 11.9 Å². The summed E-state index contributed by atoms with van der Waals surface area (Å²) >= 11 is 0. The quantitative estimate of drug-likeness (QED) is 0.637. The molecule has 2 aromatic carbocycles. The fourth-order valence-electron chi connectivity index (χ4n) is 2.49. The van der Waals surface area contributed by atoms with E-state index in [0.29, 0.717) is 11.4 Å². The molecule has 0 aliphatic carbocycles. The van der Waals surface area contributed by atoms with Gasteiger partial charge in [-0.2, -0.15) is 18.3 Å². The van der Waals surface area contributed by atoms with Crippen molar-refractivity contribution in [3.8, 4) is 16.9 Å². The van der Waals surface area contributed by atoms with Gasteiger partial charge in [0.2, 0.25) is 0 Å². The molecule has 1 aromatic heterocycles. The van der Waals surface area contributed by atoms with Gasteiger partial charge in [-0.25, -0.2) is 4.68 Å². The van der Waals surface area contributed by atoms with Crippen molar-refractivity contribution in [2.24, 2.45) is 0 Å². The minimum Gasteiger partial charge on any atom is -0.232 e. The van der Waals surface area contributed by atoms with Crippen LogP contribution in [0.5, 0.6) is 0 Å². The summed E-state index contributed by atoms with van der Waals surface area (Å²) < 4.78 is 40.7. The van der Waals surface area contributed by atoms with Crippen LogP contribution in [0.2, 0.25) is 0 Å². The molecule has 0 unspecified atom stereocenters. The molecule has 0 N–H and O–H groups in total. The number of halogens is 3. The average Bonchev–Trinajstić information content (AvgIpc) is 2.96. The second-order valence-electron chi connectivity index (χ2n) is 5.48. The van der Waals surface area contributed by atoms with E-state index in [0.717, 1.165) is 22.8 Å². The number of aromatic nitrogens is 2. The first kappa shape index (κ1) is 15.3. The number of nitrogens with zero attached hydrogens (tertiary/aromatic N) is 2. The van der Waals surface area contributed by atoms with E-state index in [9.17, 15) is 13.2 Å². The first-order chi connectivity index (χ1) is 10.9. The molecule has 0 aliphatic rings. The zero-order valence-corrected chi connectivity index (χ0v) is 12.7. The van der Waals surface area contributed by atoms with Gasteiger partial charge in [-0.15, -0.1) is 0 Å². The summed E-state index contributed by atoms with van der Waals surface area (Å²) in [5.41, 5.74) is 2.78. The molecule has 2 nitrogen and oxygen atoms in total. The van der Waals surface area contributed by atoms with Crippen molar-refractivity contribution >= 4 is 0 Å². The summed E-state index contributed by atoms with van der Waals surface area (Å²) in [6.45, 7) is 3.79. The molecule has 0 saturated carbocycles. The Morgan fingerprint density at radius 2 is 1.61 bits per heavy atom. The van der Waals surface area contributed by atoms with Crippen LogP contribution in [0.15, 0.2) is 54.6 Å². The molecule has 5 heteroatoms. The summed E-state index contributed by atoms with van der Waals surface area (Å²) in [6.07, 6.45) is -4.48. The van der Waals surface area contributed by atoms with E-state index in [4.69, 9.17) is 0 Å². The highest BCUT2D eigenvalue weighted by atomic mass is 19.4. The molecule has 0 fully saturated rings. The van der Waals surface area contributed by atoms with Gasteiger partial charge in [-0.05, 0) is 43.7 Å². The third kappa shape index (κ3) is 2.99. The summed E-state index contributed by atoms with van der Waals surface area (Å²) in [7, 11) is 0. The number of para-hydroxylation sites is 1. The van der Waals surface area contributed by atoms with Crippen LogP contribution in [-0.4, -0.2) is 9.78 Å². The van der Waals surface area contributed by atoms with Gasteiger partial charge in [-0.1, -0.05) is 35.9 Å². The Bertz CT molecular complexity index is 833. The number of benzene rings is 2. The predicted octanol–water partition coefficient (Wildman–Crippen LogP) is 5.17. The van der Waals surface area contributed by atoms with Crippen LogP contribution in [0.1, 0.15) is 16.8 Å². The van der Waals surface area contributed by atoms with Gasteiger partial charge >= 0.3 is 6.18 Å². The summed E-state index contributed by atoms with van der Waals surface area (Å²) in [5, 5.41) is 3.79. The third-order valence-electron chi connectivity index (χ3n) is 3.67. The second kappa shape index (κ2) is 5.57. The van der Waals surface area contributed by atoms with Crippen molar-refractivity contribution in [3.05, 3.63) is 71.4 Å². The Kier molecular flexibility index (Phi) is 3.72. The number of alkyl halides is 3. The Balaban J connectivity index is 2.27. The van der Waals surface area contributed by atoms with Gasteiger partial charge in [0.25, 0.3) is 0 Å². The number of rotatable bonds is 2. The Labute approximate surface area is 132 Å². The van der Waals surface area contributed by atoms with Crippen LogP contribution in [0.4, 0.5) is 13.2 Å². The lowest BCUT2D eigenvalue weighted by atomic mass is 10.0. The van der Waals surface area contributed by atoms with Crippen LogP contribution in [-0.2, 0) is 6.18 Å². The molecule has 118 valence electrons. The van der Waals surface area contributed by atoms with Gasteiger partial charge in [-0.3, -0.25) is 0 Å². The summed E-state index contributed by atoms with van der Waals surface area (Å²) in [4.78, 5) is 0. The first-order valence-corrected chi connectivity index (χ1v) is 7.16. The fourth-order valence-corrected chi connectivity index (χ4v) is 2.49. The normalized spacial score (nSPS) is 11.7. The SMILES string of the molecule is Cc1ccc(C)c(-c2cc(C(F)(F)F)nn2-c2ccccc2)c1. The maximum atomic E-state index is 13.1. The molecular weight excluding hydrogens is 301 g/mol. The highest BCUT2D eigenvalue weighted by Crippen LogP contribution is 2.34. The van der Waals surface area contributed by atoms with Crippen molar-refractivity contribution in [3.63, 3.8) is 0 Å². The van der Waals surface area contributed by atoms with Crippen molar-refractivity contribution < 1.29 is 13.2 Å². The van der Waals surface area contributed by atoms with Crippen LogP contribution in [0.25, 0.3) is 16.9 Å². The van der Waals surface area contributed by atoms with Crippen molar-refractivity contribution in [1.29, 1.82) is 0 Å². The Hall–Kier alpha value is -2.56. The molecule has 0 atom stereocenters. The predicted molar refractivity (Wildman–Crippen MR) is 83.5 cm³/mol. The minimum absolute atomic E-state index is 0.435. The maximum absolute atomic E-state index is 13.1. The maximum Gasteiger partial charge on any atom is 0.435 e. The van der Waals surface area contributed by atoms with Gasteiger partial charge in [0.15, 0.2) is 5.69 Å². The standard InChI is InChI=1S/C18H15F3N2/c1-12-8-9-13(2)15(10-12)16-11-17(18(19,20)21)22-23(16)14-6-4-3-5-7-14/h3-11H,1-2H3. The van der Waals surface area contributed by atoms with Crippen molar-refractivity contribution in [2.45, 2.75) is 20.0 Å². The van der Waals surface area contributed by atoms with Crippen molar-refractivity contribution in [1.82, 2.24) is 9.78 Å². The van der Waals surface area contributed by atoms with E-state index in [1.165, 1.54) is 4.68 Å². The molecule has 0 spiro atoms. The molecule has 0 saturated heterocycles. The first-order valence-electron chi connectivity index (χ1n) is 7.16. The van der Waals surface area contributed by atoms with Crippen LogP contribution < -0.4 is 0 Å². The Morgan fingerprint density at radius 3 is 2.26 bits per heavy atom. The lowest BCUT2D eigenvalue weighted by molar-refractivity contribution is -0.141. The average molecular weight is 316 g/mol. The van der Waals surface area contributed by atoms with Crippen molar-refractivity contribution in [2.75, 3.05) is 0 Å². The highest BCUT2D eigenvalue weighted by molar-refractivity contribution is 5.67. The third-order valence-corrected chi connectivity index (χ3v) is 3.67. The number of hydrogen-bond donors (Lipinski definition) is 0. The smallest absolute Gasteiger partial charge is 0.232 e. The van der Waals surface area contributed by atoms with Crippen LogP contribution in [0, 0.1) is 13.8 Å². The van der Waals surface area contributed by atoms with Crippen LogP contribution >= 0.6 is 0 Å². The number of aryl methyl sites for hydroxylation is 2. The van der Waals surface area contributed by atoms with Gasteiger partial charge in [0.05, 0.1) is 11.4 Å². The molecule has 1 heterocycles. The molecule has 0 amide bonds. The van der Waals surface area contributed by atoms with Gasteiger partial charge in [0.1, 0.15) is 0 Å². The molecule has 0 radical (unpaired) electrons. The van der Waals surface area contributed by atoms with E-state index >= 15 is 0 Å². The topological polar surface area (TPSA) is 17.8 Å². The van der Waals surface area contributed by atoms with Gasteiger partial charge < -0.3 is 0 Å². The van der Waals surface area contributed by atoms with Crippen LogP contribution in [0.3, 0.4) is 0 Å². The van der Waals surface area contributed by atoms with E-state index in [-0.39, 0.29) is 0 Å². The Morgan fingerprint density at radius 1 is 0.913 bits per heavy atom. The fraction of sp³-hybridized carbons (Fsp3) is 0.167. The molecule has 0 aliphatic heterocycles. The van der Waals surface area contributed by atoms with E-state index in [1.807, 2.05) is 38.1 Å². The zero-order valence-electron chi connectivity index (χ0n) is 12.7. The lowest BCUT2D eigenvalue weighted by Gasteiger charge is -2.10. The summed E-state index contributed by atoms with van der Waals surface area (Å²) in [5.74, 6) is 0. The van der Waals surface area contributed by atoms with E-state index in [2.05, 4.69) is 5.10 Å². The van der Waals surface area contributed by atoms with Gasteiger partial charge in [0, 0.05) is 5.56 Å². The highest BCUT2D eigenvalue weighted by Gasteiger charge is 2.35. The molecular formula is C18H15F3N2. The molecule has 3 rings (SSSR count). The monoisotopic (exact) mass is 316 g/mol. The molecule has 0 bridgehead atoms. The summed E-state index contributed by atoms with van der Waals surface area (Å²) in [6, 6.07) is 15.7.